The number of hydrogen-bond donors (Lipinski definition) is 0. The molecule has 25 heavy (non-hydrogen) atoms. The quantitative estimate of drug-likeness (QED) is 0.593. The second-order valence-electron chi connectivity index (χ2n) is 6.85. The van der Waals surface area contributed by atoms with Gasteiger partial charge < -0.3 is 4.90 Å². The van der Waals surface area contributed by atoms with Crippen molar-refractivity contribution < 1.29 is 4.79 Å². The summed E-state index contributed by atoms with van der Waals surface area (Å²) >= 11 is 0. The molecule has 0 aliphatic carbocycles. The molecule has 0 N–H and O–H groups in total. The number of aryl methyl sites for hydroxylation is 1. The van der Waals surface area contributed by atoms with E-state index < -0.39 is 0 Å². The van der Waals surface area contributed by atoms with Crippen molar-refractivity contribution in [2.45, 2.75) is 46.0 Å². The number of benzene rings is 2. The molecule has 0 unspecified atom stereocenters. The lowest BCUT2D eigenvalue weighted by Gasteiger charge is -2.30. The fraction of sp³-hybridized carbons (Fsp3) is 0.348. The molecule has 2 aromatic rings. The van der Waals surface area contributed by atoms with Gasteiger partial charge in [0.25, 0.3) is 5.91 Å². The van der Waals surface area contributed by atoms with E-state index in [0.717, 1.165) is 23.2 Å². The molecule has 2 aromatic carbocycles. The Morgan fingerprint density at radius 1 is 0.960 bits per heavy atom. The number of rotatable bonds is 6. The number of fused-ring (bicyclic) bond motifs is 1. The van der Waals surface area contributed by atoms with Crippen LogP contribution in [0.1, 0.15) is 60.5 Å². The van der Waals surface area contributed by atoms with Gasteiger partial charge in [0.05, 0.1) is 6.54 Å². The van der Waals surface area contributed by atoms with E-state index in [9.17, 15) is 4.79 Å². The molecule has 0 radical (unpaired) electrons. The lowest BCUT2D eigenvalue weighted by atomic mass is 9.92. The molecular weight excluding hydrogens is 306 g/mol. The first-order chi connectivity index (χ1) is 12.2. The van der Waals surface area contributed by atoms with Gasteiger partial charge in [0.15, 0.2) is 0 Å². The van der Waals surface area contributed by atoms with Gasteiger partial charge in [0.1, 0.15) is 0 Å². The maximum Gasteiger partial charge on any atom is 0.259 e. The highest BCUT2D eigenvalue weighted by Gasteiger charge is 2.27. The molecule has 1 heterocycles. The normalized spacial score (nSPS) is 15.5. The third kappa shape index (κ3) is 4.01. The Bertz CT molecular complexity index is 758. The molecule has 0 bridgehead atoms. The van der Waals surface area contributed by atoms with Gasteiger partial charge in [0, 0.05) is 11.3 Å². The molecule has 0 atom stereocenters. The van der Waals surface area contributed by atoms with Gasteiger partial charge in [-0.15, -0.1) is 0 Å². The lowest BCUT2D eigenvalue weighted by Crippen LogP contribution is -2.37. The maximum absolute atomic E-state index is 13.0. The SMILES string of the molecule is CCCCCC/C=C1/CN(c2ccc(C)cc2)C(=O)c2ccccc21. The zero-order valence-electron chi connectivity index (χ0n) is 15.3. The van der Waals surface area contributed by atoms with Crippen molar-refractivity contribution in [3.05, 3.63) is 71.3 Å². The summed E-state index contributed by atoms with van der Waals surface area (Å²) in [6.07, 6.45) is 8.48. The Balaban J connectivity index is 1.87. The topological polar surface area (TPSA) is 20.3 Å². The largest absolute Gasteiger partial charge is 0.304 e. The first-order valence-electron chi connectivity index (χ1n) is 9.37. The van der Waals surface area contributed by atoms with Crippen molar-refractivity contribution in [1.29, 1.82) is 0 Å². The summed E-state index contributed by atoms with van der Waals surface area (Å²) in [5.74, 6) is 0.0996. The van der Waals surface area contributed by atoms with Gasteiger partial charge in [-0.25, -0.2) is 0 Å². The highest BCUT2D eigenvalue weighted by molar-refractivity contribution is 6.13. The molecule has 1 aliphatic rings. The molecule has 0 saturated heterocycles. The maximum atomic E-state index is 13.0. The Morgan fingerprint density at radius 3 is 2.40 bits per heavy atom. The van der Waals surface area contributed by atoms with Crippen LogP contribution in [0.25, 0.3) is 5.57 Å². The average Bonchev–Trinajstić information content (AvgIpc) is 2.64. The van der Waals surface area contributed by atoms with Crippen LogP contribution in [0.3, 0.4) is 0 Å². The minimum atomic E-state index is 0.0996. The number of amides is 1. The van der Waals surface area contributed by atoms with Gasteiger partial charge in [0.2, 0.25) is 0 Å². The minimum absolute atomic E-state index is 0.0996. The lowest BCUT2D eigenvalue weighted by molar-refractivity contribution is 0.0987. The van der Waals surface area contributed by atoms with Crippen LogP contribution < -0.4 is 4.90 Å². The predicted molar refractivity (Wildman–Crippen MR) is 106 cm³/mol. The Hall–Kier alpha value is -2.35. The van der Waals surface area contributed by atoms with E-state index in [4.69, 9.17) is 0 Å². The number of carbonyl (C=O) groups excluding carboxylic acids is 1. The molecule has 0 spiro atoms. The Morgan fingerprint density at radius 2 is 1.68 bits per heavy atom. The number of anilines is 1. The molecule has 0 saturated carbocycles. The van der Waals surface area contributed by atoms with Crippen LogP contribution in [0.4, 0.5) is 5.69 Å². The van der Waals surface area contributed by atoms with E-state index in [1.54, 1.807) is 0 Å². The highest BCUT2D eigenvalue weighted by atomic mass is 16.2. The fourth-order valence-electron chi connectivity index (χ4n) is 3.38. The van der Waals surface area contributed by atoms with Gasteiger partial charge in [-0.1, -0.05) is 68.2 Å². The summed E-state index contributed by atoms with van der Waals surface area (Å²) in [7, 11) is 0. The van der Waals surface area contributed by atoms with Crippen LogP contribution in [0.15, 0.2) is 54.6 Å². The molecular formula is C23H27NO. The number of hydrogen-bond acceptors (Lipinski definition) is 1. The zero-order chi connectivity index (χ0) is 17.6. The first-order valence-corrected chi connectivity index (χ1v) is 9.37. The fourth-order valence-corrected chi connectivity index (χ4v) is 3.38. The summed E-state index contributed by atoms with van der Waals surface area (Å²) in [6.45, 7) is 4.96. The van der Waals surface area contributed by atoms with Crippen molar-refractivity contribution in [2.75, 3.05) is 11.4 Å². The van der Waals surface area contributed by atoms with Crippen molar-refractivity contribution in [1.82, 2.24) is 0 Å². The van der Waals surface area contributed by atoms with E-state index >= 15 is 0 Å². The number of allylic oxidation sites excluding steroid dienone is 1. The minimum Gasteiger partial charge on any atom is -0.304 e. The van der Waals surface area contributed by atoms with Crippen molar-refractivity contribution >= 4 is 17.2 Å². The standard InChI is InChI=1S/C23H27NO/c1-3-4-5-6-7-10-19-17-24(20-15-13-18(2)14-16-20)23(25)22-12-9-8-11-21(19)22/h8-16H,3-7,17H2,1-2H3/b19-10-. The van der Waals surface area contributed by atoms with Crippen molar-refractivity contribution in [2.24, 2.45) is 0 Å². The van der Waals surface area contributed by atoms with E-state index in [1.807, 2.05) is 35.2 Å². The smallest absolute Gasteiger partial charge is 0.259 e. The zero-order valence-corrected chi connectivity index (χ0v) is 15.3. The molecule has 130 valence electrons. The van der Waals surface area contributed by atoms with Crippen LogP contribution in [-0.4, -0.2) is 12.5 Å². The molecule has 3 rings (SSSR count). The van der Waals surface area contributed by atoms with E-state index in [-0.39, 0.29) is 5.91 Å². The summed E-state index contributed by atoms with van der Waals surface area (Å²) in [6, 6.07) is 16.2. The molecule has 0 fully saturated rings. The second kappa shape index (κ2) is 8.15. The summed E-state index contributed by atoms with van der Waals surface area (Å²) < 4.78 is 0. The molecule has 0 aromatic heterocycles. The number of unbranched alkanes of at least 4 members (excludes halogenated alkanes) is 4. The summed E-state index contributed by atoms with van der Waals surface area (Å²) in [5.41, 5.74) is 5.37. The third-order valence-corrected chi connectivity index (χ3v) is 4.87. The summed E-state index contributed by atoms with van der Waals surface area (Å²) in [4.78, 5) is 14.9. The molecule has 2 heteroatoms. The molecule has 2 nitrogen and oxygen atoms in total. The Kier molecular flexibility index (Phi) is 5.70. The van der Waals surface area contributed by atoms with Gasteiger partial charge in [-0.05, 0) is 49.1 Å². The monoisotopic (exact) mass is 333 g/mol. The van der Waals surface area contributed by atoms with Crippen LogP contribution in [-0.2, 0) is 0 Å². The molecule has 1 aliphatic heterocycles. The van der Waals surface area contributed by atoms with E-state index in [1.165, 1.54) is 36.8 Å². The van der Waals surface area contributed by atoms with Crippen LogP contribution >= 0.6 is 0 Å². The van der Waals surface area contributed by atoms with E-state index in [0.29, 0.717) is 6.54 Å². The van der Waals surface area contributed by atoms with Gasteiger partial charge >= 0.3 is 0 Å². The third-order valence-electron chi connectivity index (χ3n) is 4.87. The van der Waals surface area contributed by atoms with Gasteiger partial charge in [-0.3, -0.25) is 4.79 Å². The number of carbonyl (C=O) groups is 1. The van der Waals surface area contributed by atoms with Crippen LogP contribution in [0.5, 0.6) is 0 Å². The first kappa shape index (κ1) is 17.5. The average molecular weight is 333 g/mol. The number of nitrogens with zero attached hydrogens (tertiary/aromatic N) is 1. The summed E-state index contributed by atoms with van der Waals surface area (Å²) in [5, 5.41) is 0. The van der Waals surface area contributed by atoms with Crippen molar-refractivity contribution in [3.8, 4) is 0 Å². The highest BCUT2D eigenvalue weighted by Crippen LogP contribution is 2.31. The van der Waals surface area contributed by atoms with Gasteiger partial charge in [-0.2, -0.15) is 0 Å². The molecule has 1 amide bonds. The van der Waals surface area contributed by atoms with Crippen molar-refractivity contribution in [3.63, 3.8) is 0 Å². The van der Waals surface area contributed by atoms with Crippen LogP contribution in [0.2, 0.25) is 0 Å². The Labute approximate surface area is 151 Å². The predicted octanol–water partition coefficient (Wildman–Crippen LogP) is 6.01. The second-order valence-corrected chi connectivity index (χ2v) is 6.85. The van der Waals surface area contributed by atoms with E-state index in [2.05, 4.69) is 38.1 Å². The van der Waals surface area contributed by atoms with Crippen LogP contribution in [0, 0.1) is 6.92 Å².